The molecule has 0 spiro atoms. The molecule has 4 fully saturated rings. The van der Waals surface area contributed by atoms with Gasteiger partial charge in [-0.1, -0.05) is 77.1 Å². The van der Waals surface area contributed by atoms with Crippen LogP contribution in [0, 0.1) is 34.6 Å². The van der Waals surface area contributed by atoms with E-state index in [1.165, 1.54) is 38.5 Å². The van der Waals surface area contributed by atoms with Crippen molar-refractivity contribution in [3.63, 3.8) is 0 Å². The Morgan fingerprint density at radius 1 is 0.369 bits per heavy atom. The maximum absolute atomic E-state index is 13.6. The second-order valence-corrected chi connectivity index (χ2v) is 32.6. The monoisotopic (exact) mass is 2550 g/mol. The van der Waals surface area contributed by atoms with E-state index in [1.54, 1.807) is 85.9 Å². The summed E-state index contributed by atoms with van der Waals surface area (Å²) in [5.41, 5.74) is 4.24. The fraction of sp³-hybridized carbons (Fsp3) is 0.409. The number of hydrogen-bond donors (Lipinski definition) is 1. The molecular formula is C88H98Cl3F12N28NaO6W3. The van der Waals surface area contributed by atoms with Gasteiger partial charge in [-0.3, -0.25) is 19.2 Å². The molecule has 0 radical (unpaired) electrons. The van der Waals surface area contributed by atoms with E-state index in [-0.39, 0.29) is 177 Å². The van der Waals surface area contributed by atoms with Crippen LogP contribution in [0.1, 0.15) is 152 Å². The van der Waals surface area contributed by atoms with Crippen LogP contribution in [0.2, 0.25) is 15.6 Å². The molecule has 4 aromatic carbocycles. The third kappa shape index (κ3) is 31.0. The Balaban J connectivity index is 0.000000274. The number of carbonyl (C=O) groups is 4. The van der Waals surface area contributed by atoms with Crippen LogP contribution in [0.15, 0.2) is 147 Å². The second kappa shape index (κ2) is 53.4. The average Bonchev–Trinajstić information content (AvgIpc) is 1.76. The quantitative estimate of drug-likeness (QED) is 0.0514. The van der Waals surface area contributed by atoms with Gasteiger partial charge in [-0.2, -0.15) is 125 Å². The fourth-order valence-electron chi connectivity index (χ4n) is 14.9. The van der Waals surface area contributed by atoms with Crippen LogP contribution in [0.4, 0.5) is 70.5 Å². The summed E-state index contributed by atoms with van der Waals surface area (Å²) >= 11 is 16.1. The van der Waals surface area contributed by atoms with Crippen molar-refractivity contribution >= 4 is 76.3 Å². The van der Waals surface area contributed by atoms with Crippen molar-refractivity contribution in [2.75, 3.05) is 107 Å². The number of ether oxygens (including phenoxy) is 1. The first kappa shape index (κ1) is 120. The van der Waals surface area contributed by atoms with E-state index in [0.29, 0.717) is 130 Å². The number of hydrogen-bond acceptors (Lipinski definition) is 26. The second-order valence-electron chi connectivity index (χ2n) is 31.6. The predicted octanol–water partition coefficient (Wildman–Crippen LogP) is 11.2. The van der Waals surface area contributed by atoms with E-state index in [0.717, 1.165) is 80.6 Å². The fourth-order valence-corrected chi connectivity index (χ4v) is 15.6. The van der Waals surface area contributed by atoms with Gasteiger partial charge in [-0.25, -0.2) is 34.9 Å². The molecule has 53 heteroatoms. The van der Waals surface area contributed by atoms with Crippen molar-refractivity contribution in [2.24, 2.45) is 0 Å². The number of anilines is 3. The number of amides is 4. The minimum absolute atomic E-state index is 0. The predicted molar refractivity (Wildman–Crippen MR) is 481 cm³/mol. The number of halogens is 15. The molecule has 141 heavy (non-hydrogen) atoms. The Hall–Kier alpha value is -10.1. The number of methoxy groups -OCH3 is 1. The van der Waals surface area contributed by atoms with Gasteiger partial charge in [0.05, 0.1) is 113 Å². The van der Waals surface area contributed by atoms with Gasteiger partial charge in [0.25, 0.3) is 23.6 Å². The molecule has 12 aromatic rings. The van der Waals surface area contributed by atoms with Crippen molar-refractivity contribution in [3.8, 4) is 28.6 Å². The summed E-state index contributed by atoms with van der Waals surface area (Å²) in [7, 11) is 1.89. The van der Waals surface area contributed by atoms with Crippen molar-refractivity contribution in [2.45, 2.75) is 144 Å². The zero-order valence-electron chi connectivity index (χ0n) is 77.4. The summed E-state index contributed by atoms with van der Waals surface area (Å²) in [6, 6.07) is 22.2. The van der Waals surface area contributed by atoms with E-state index >= 15 is 0 Å². The maximum Gasteiger partial charge on any atom is 1.00 e. The molecule has 0 saturated carbocycles. The SMILES string of the molecule is C.COc1nc(N2CC[C@@H](C)N(C(=O)c3cc(C)ccc3-n3nccn3)CC2)ncc1C(F)(F)F.C[O-].Cc1ccc(-n2nccn2)c(C(=O)N2CCN(c3ncc(C(F)(F)F)c(C)n3)CC[C@H]2C)c1.Cc1ccc(-n2nccn2)c(C(=O)N2CCN(c3ncc(C(F)(F)F)c(Cl)n3)CC[C@H]2C)c1.Cc1ccc(-n2nccn2)c(C(=O)N2CCNCC[C@H]2C)c1.FC(F)(F)c1cnc(Cl)nc1Cl.[Na+].[W].[W].[W]. The molecule has 0 aliphatic carbocycles. The molecule has 34 nitrogen and oxygen atoms in total. The van der Waals surface area contributed by atoms with Crippen LogP contribution in [0.25, 0.3) is 22.7 Å². The third-order valence-electron chi connectivity index (χ3n) is 22.2. The molecule has 4 aliphatic rings. The van der Waals surface area contributed by atoms with Crippen LogP contribution in [0.3, 0.4) is 0 Å². The van der Waals surface area contributed by atoms with Crippen molar-refractivity contribution in [1.82, 2.24) is 125 Å². The van der Waals surface area contributed by atoms with Gasteiger partial charge in [-0.15, -0.1) is 0 Å². The van der Waals surface area contributed by atoms with E-state index in [4.69, 9.17) is 44.6 Å². The minimum Gasteiger partial charge on any atom is -0.857 e. The van der Waals surface area contributed by atoms with E-state index in [2.05, 4.69) is 92.9 Å². The van der Waals surface area contributed by atoms with Gasteiger partial charge in [0.2, 0.25) is 29.0 Å². The molecule has 0 bridgehead atoms. The zero-order valence-corrected chi connectivity index (χ0v) is 90.5. The summed E-state index contributed by atoms with van der Waals surface area (Å²) < 4.78 is 158. The van der Waals surface area contributed by atoms with E-state index in [1.807, 2.05) is 107 Å². The summed E-state index contributed by atoms with van der Waals surface area (Å²) in [5, 5.41) is 43.2. The number of rotatable bonds is 12. The molecule has 4 saturated heterocycles. The Morgan fingerprint density at radius 3 is 0.943 bits per heavy atom. The number of nitrogens with one attached hydrogen (secondary N) is 1. The van der Waals surface area contributed by atoms with Crippen LogP contribution >= 0.6 is 34.8 Å². The number of carbonyl (C=O) groups excluding carboxylic acids is 4. The molecule has 750 valence electrons. The van der Waals surface area contributed by atoms with Gasteiger partial charge < -0.3 is 49.5 Å². The van der Waals surface area contributed by atoms with Crippen molar-refractivity contribution < 1.29 is 174 Å². The Kier molecular flexibility index (Phi) is 45.3. The van der Waals surface area contributed by atoms with Crippen LogP contribution in [-0.2, 0) is 87.9 Å². The maximum atomic E-state index is 13.6. The largest absolute Gasteiger partial charge is 1.00 e. The molecule has 4 amide bonds. The Morgan fingerprint density at radius 2 is 0.645 bits per heavy atom. The molecular weight excluding hydrogens is 2450 g/mol. The Bertz CT molecular complexity index is 5900. The standard InChI is InChI=1S/C22H24F3N7O2.C22H24F3N7O.C21H21ClF3N7O.C16H21N5O.C5HCl2F3N2.CH3O.CH4.Na.3W/c1-14-4-5-18(32-27-7-8-28-32)16(12-14)20(33)31-11-10-30(9-6-15(31)2)21-26-13-17(22(23,24)25)19(29-21)34-3;1-14-4-5-19(32-27-7-8-28-32)17(12-14)20(33)31-11-10-30(9-6-15(31)2)21-26-13-18(16(3)29-21)22(23,24)25;1-13-3-4-17(32-27-6-7-28-32)15(11-13)19(33)31-10-9-30(8-5-14(31)2)20-26-12-16(18(22)29-20)21(23,24)25;1-12-3-4-15(21-18-7-8-19-21)14(11-12)16(22)20-10-9-17-6-5-13(20)2;6-3-2(5(8,9)10)1-11-4(7)12-3;1-2;;;;;/h4-5,7-8,12-13,15H,6,9-11H2,1-3H3;4-5,7-8,12-13,15H,6,9-11H2,1-3H3;3-4,6-7,11-12,14H,5,8-10H2,1-2H3;3-4,7-8,11,13,17H,5-6,9-10H2,1-2H3;1H;1H3;1H4;;;;/q;;;;;-1;;+1;;;/t2*15-;14-;13-;;;;;;;/m1111......./s1. The van der Waals surface area contributed by atoms with Gasteiger partial charge in [0.15, 0.2) is 0 Å². The summed E-state index contributed by atoms with van der Waals surface area (Å²) in [6.07, 6.45) is -0.249. The summed E-state index contributed by atoms with van der Waals surface area (Å²) in [4.78, 5) is 102. The third-order valence-corrected chi connectivity index (χ3v) is 23.0. The smallest absolute Gasteiger partial charge is 0.857 e. The van der Waals surface area contributed by atoms with Gasteiger partial charge in [0.1, 0.15) is 27.0 Å². The molecule has 0 unspecified atom stereocenters. The first-order valence-corrected chi connectivity index (χ1v) is 43.4. The molecule has 4 atom stereocenters. The zero-order chi connectivity index (χ0) is 98.8. The van der Waals surface area contributed by atoms with E-state index in [9.17, 15) is 71.9 Å². The number of benzene rings is 4. The molecule has 4 aliphatic heterocycles. The minimum atomic E-state index is -4.62. The van der Waals surface area contributed by atoms with E-state index < -0.39 is 63.1 Å². The molecule has 8 aromatic heterocycles. The normalized spacial score (nSPS) is 16.1. The average molecular weight is 2550 g/mol. The van der Waals surface area contributed by atoms with Crippen LogP contribution < -0.4 is 59.4 Å². The Labute approximate surface area is 884 Å². The molecule has 1 N–H and O–H groups in total. The van der Waals surface area contributed by atoms with Gasteiger partial charge in [0, 0.05) is 184 Å². The number of aryl methyl sites for hydroxylation is 5. The molecule has 12 heterocycles. The van der Waals surface area contributed by atoms with Crippen molar-refractivity contribution in [1.29, 1.82) is 0 Å². The van der Waals surface area contributed by atoms with Crippen LogP contribution in [0.5, 0.6) is 5.88 Å². The first-order chi connectivity index (χ1) is 64.6. The summed E-state index contributed by atoms with van der Waals surface area (Å²) in [6.45, 7) is 23.1. The number of nitrogens with zero attached hydrogens (tertiary/aromatic N) is 27. The first-order valence-electron chi connectivity index (χ1n) is 42.3. The topological polar surface area (TPSA) is 361 Å². The van der Waals surface area contributed by atoms with Gasteiger partial charge in [-0.05, 0) is 155 Å². The number of alkyl halides is 12. The van der Waals surface area contributed by atoms with Gasteiger partial charge >= 0.3 is 54.3 Å². The van der Waals surface area contributed by atoms with Crippen molar-refractivity contribution in [3.05, 3.63) is 235 Å². The molecule has 16 rings (SSSR count). The van der Waals surface area contributed by atoms with Crippen LogP contribution in [-0.4, -0.2) is 260 Å². The summed E-state index contributed by atoms with van der Waals surface area (Å²) in [5.74, 6) is -0.507. The number of aromatic nitrogens is 20.